The van der Waals surface area contributed by atoms with Crippen molar-refractivity contribution in [3.05, 3.63) is 58.4 Å². The van der Waals surface area contributed by atoms with Gasteiger partial charge in [-0.25, -0.2) is 4.39 Å². The molecular formula is C16H15FN4O2S2. The van der Waals surface area contributed by atoms with Gasteiger partial charge in [-0.2, -0.15) is 0 Å². The standard InChI is InChI=1S/C16H15FN4O2S2/c17-11-3-5-12(6-4-11)18-9-15-20-21-16(23-15)25-10-14(22)19-8-13-2-1-7-24-13/h1-7,18H,8-10H2,(H,19,22). The number of carbonyl (C=O) groups excluding carboxylic acids is 1. The van der Waals surface area contributed by atoms with Crippen molar-refractivity contribution in [2.24, 2.45) is 0 Å². The molecule has 0 aliphatic carbocycles. The number of halogens is 1. The van der Waals surface area contributed by atoms with E-state index in [1.807, 2.05) is 17.5 Å². The zero-order chi connectivity index (χ0) is 17.5. The second-order valence-corrected chi connectivity index (χ2v) is 6.93. The number of thiophene rings is 1. The molecule has 2 heterocycles. The van der Waals surface area contributed by atoms with E-state index in [0.29, 0.717) is 24.2 Å². The van der Waals surface area contributed by atoms with Gasteiger partial charge in [0.1, 0.15) is 5.82 Å². The minimum Gasteiger partial charge on any atom is -0.414 e. The highest BCUT2D eigenvalue weighted by Gasteiger charge is 2.10. The minimum absolute atomic E-state index is 0.0948. The molecule has 2 aromatic heterocycles. The number of nitrogens with zero attached hydrogens (tertiary/aromatic N) is 2. The third-order valence-corrected chi connectivity index (χ3v) is 4.80. The summed E-state index contributed by atoms with van der Waals surface area (Å²) in [6, 6.07) is 9.90. The van der Waals surface area contributed by atoms with Gasteiger partial charge in [0, 0.05) is 10.6 Å². The molecule has 0 unspecified atom stereocenters. The van der Waals surface area contributed by atoms with Gasteiger partial charge in [-0.1, -0.05) is 17.8 Å². The molecule has 0 atom stereocenters. The van der Waals surface area contributed by atoms with Gasteiger partial charge >= 0.3 is 0 Å². The average Bonchev–Trinajstić information content (AvgIpc) is 3.29. The number of aromatic nitrogens is 2. The first-order valence-electron chi connectivity index (χ1n) is 7.43. The van der Waals surface area contributed by atoms with E-state index in [-0.39, 0.29) is 17.5 Å². The number of rotatable bonds is 8. The van der Waals surface area contributed by atoms with E-state index in [1.54, 1.807) is 23.5 Å². The van der Waals surface area contributed by atoms with Crippen molar-refractivity contribution in [3.8, 4) is 0 Å². The van der Waals surface area contributed by atoms with Gasteiger partial charge in [0.25, 0.3) is 5.22 Å². The summed E-state index contributed by atoms with van der Waals surface area (Å²) in [5.41, 5.74) is 0.752. The van der Waals surface area contributed by atoms with Gasteiger partial charge in [0.05, 0.1) is 18.8 Å². The number of hydrogen-bond acceptors (Lipinski definition) is 7. The zero-order valence-electron chi connectivity index (χ0n) is 13.1. The van der Waals surface area contributed by atoms with Crippen LogP contribution in [0.25, 0.3) is 0 Å². The molecule has 3 rings (SSSR count). The molecule has 9 heteroatoms. The second kappa shape index (κ2) is 8.63. The summed E-state index contributed by atoms with van der Waals surface area (Å²) in [7, 11) is 0. The third-order valence-electron chi connectivity index (χ3n) is 3.10. The Bertz CT molecular complexity index is 806. The Morgan fingerprint density at radius 3 is 2.80 bits per heavy atom. The van der Waals surface area contributed by atoms with Crippen LogP contribution in [0.5, 0.6) is 0 Å². The highest BCUT2D eigenvalue weighted by molar-refractivity contribution is 7.99. The van der Waals surface area contributed by atoms with Gasteiger partial charge in [0.2, 0.25) is 11.8 Å². The maximum absolute atomic E-state index is 12.8. The predicted octanol–water partition coefficient (Wildman–Crippen LogP) is 3.29. The van der Waals surface area contributed by atoms with E-state index in [1.165, 1.54) is 23.9 Å². The Kier molecular flexibility index (Phi) is 6.02. The van der Waals surface area contributed by atoms with Crippen LogP contribution in [-0.4, -0.2) is 21.9 Å². The third kappa shape index (κ3) is 5.57. The minimum atomic E-state index is -0.292. The summed E-state index contributed by atoms with van der Waals surface area (Å²) in [5, 5.41) is 16.0. The van der Waals surface area contributed by atoms with Crippen LogP contribution >= 0.6 is 23.1 Å². The number of carbonyl (C=O) groups is 1. The van der Waals surface area contributed by atoms with Gasteiger partial charge < -0.3 is 15.1 Å². The first-order valence-corrected chi connectivity index (χ1v) is 9.29. The number of thioether (sulfide) groups is 1. The molecule has 0 radical (unpaired) electrons. The summed E-state index contributed by atoms with van der Waals surface area (Å²) in [6.07, 6.45) is 0. The molecule has 6 nitrogen and oxygen atoms in total. The topological polar surface area (TPSA) is 80.1 Å². The number of nitrogens with one attached hydrogen (secondary N) is 2. The van der Waals surface area contributed by atoms with Crippen LogP contribution in [0, 0.1) is 5.82 Å². The molecule has 0 fully saturated rings. The summed E-state index contributed by atoms with van der Waals surface area (Å²) >= 11 is 2.78. The van der Waals surface area contributed by atoms with Crippen LogP contribution in [0.4, 0.5) is 10.1 Å². The number of amides is 1. The summed E-state index contributed by atoms with van der Waals surface area (Å²) in [6.45, 7) is 0.845. The van der Waals surface area contributed by atoms with Crippen molar-refractivity contribution in [2.45, 2.75) is 18.3 Å². The summed E-state index contributed by atoms with van der Waals surface area (Å²) < 4.78 is 18.3. The molecule has 0 saturated heterocycles. The molecule has 0 spiro atoms. The molecule has 0 saturated carbocycles. The van der Waals surface area contributed by atoms with Crippen LogP contribution in [0.15, 0.2) is 51.4 Å². The van der Waals surface area contributed by atoms with Crippen molar-refractivity contribution in [2.75, 3.05) is 11.1 Å². The quantitative estimate of drug-likeness (QED) is 0.586. The summed E-state index contributed by atoms with van der Waals surface area (Å²) in [4.78, 5) is 12.9. The summed E-state index contributed by atoms with van der Waals surface area (Å²) in [5.74, 6) is 0.214. The van der Waals surface area contributed by atoms with Crippen molar-refractivity contribution in [1.29, 1.82) is 0 Å². The number of hydrogen-bond donors (Lipinski definition) is 2. The highest BCUT2D eigenvalue weighted by atomic mass is 32.2. The fourth-order valence-corrected chi connectivity index (χ4v) is 3.15. The predicted molar refractivity (Wildman–Crippen MR) is 94.9 cm³/mol. The Morgan fingerprint density at radius 1 is 1.20 bits per heavy atom. The highest BCUT2D eigenvalue weighted by Crippen LogP contribution is 2.17. The lowest BCUT2D eigenvalue weighted by atomic mass is 10.3. The fraction of sp³-hybridized carbons (Fsp3) is 0.188. The Balaban J connectivity index is 1.40. The van der Waals surface area contributed by atoms with Crippen LogP contribution in [0.1, 0.15) is 10.8 Å². The molecule has 130 valence electrons. The van der Waals surface area contributed by atoms with E-state index in [2.05, 4.69) is 20.8 Å². The number of anilines is 1. The molecule has 0 aliphatic heterocycles. The van der Waals surface area contributed by atoms with E-state index < -0.39 is 0 Å². The molecule has 1 aromatic carbocycles. The first-order chi connectivity index (χ1) is 12.2. The maximum Gasteiger partial charge on any atom is 0.277 e. The molecule has 2 N–H and O–H groups in total. The lowest BCUT2D eigenvalue weighted by molar-refractivity contribution is -0.118. The SMILES string of the molecule is O=C(CSc1nnc(CNc2ccc(F)cc2)o1)NCc1cccs1. The van der Waals surface area contributed by atoms with Gasteiger partial charge in [0.15, 0.2) is 0 Å². The van der Waals surface area contributed by atoms with Crippen LogP contribution < -0.4 is 10.6 Å². The lowest BCUT2D eigenvalue weighted by Crippen LogP contribution is -2.24. The Morgan fingerprint density at radius 2 is 2.04 bits per heavy atom. The molecule has 3 aromatic rings. The van der Waals surface area contributed by atoms with Crippen molar-refractivity contribution in [3.63, 3.8) is 0 Å². The van der Waals surface area contributed by atoms with Crippen LogP contribution in [0.2, 0.25) is 0 Å². The van der Waals surface area contributed by atoms with Gasteiger partial charge in [-0.15, -0.1) is 21.5 Å². The van der Waals surface area contributed by atoms with Gasteiger partial charge in [-0.05, 0) is 35.7 Å². The van der Waals surface area contributed by atoms with Crippen molar-refractivity contribution < 1.29 is 13.6 Å². The monoisotopic (exact) mass is 378 g/mol. The van der Waals surface area contributed by atoms with Crippen molar-refractivity contribution >= 4 is 34.7 Å². The lowest BCUT2D eigenvalue weighted by Gasteiger charge is -2.02. The largest absolute Gasteiger partial charge is 0.414 e. The first kappa shape index (κ1) is 17.4. The Labute approximate surface area is 151 Å². The molecule has 0 aliphatic rings. The van der Waals surface area contributed by atoms with Crippen LogP contribution in [0.3, 0.4) is 0 Å². The van der Waals surface area contributed by atoms with Crippen LogP contribution in [-0.2, 0) is 17.9 Å². The number of benzene rings is 1. The van der Waals surface area contributed by atoms with E-state index in [0.717, 1.165) is 10.6 Å². The normalized spacial score (nSPS) is 10.6. The fourth-order valence-electron chi connectivity index (χ4n) is 1.89. The zero-order valence-corrected chi connectivity index (χ0v) is 14.7. The van der Waals surface area contributed by atoms with Crippen molar-refractivity contribution in [1.82, 2.24) is 15.5 Å². The molecule has 1 amide bonds. The van der Waals surface area contributed by atoms with E-state index in [9.17, 15) is 9.18 Å². The van der Waals surface area contributed by atoms with Gasteiger partial charge in [-0.3, -0.25) is 4.79 Å². The molecule has 0 bridgehead atoms. The molecular weight excluding hydrogens is 363 g/mol. The Hall–Kier alpha value is -2.39. The molecule has 25 heavy (non-hydrogen) atoms. The van der Waals surface area contributed by atoms with E-state index >= 15 is 0 Å². The van der Waals surface area contributed by atoms with E-state index in [4.69, 9.17) is 4.42 Å². The maximum atomic E-state index is 12.8. The average molecular weight is 378 g/mol. The second-order valence-electron chi connectivity index (χ2n) is 4.97. The smallest absolute Gasteiger partial charge is 0.277 e.